The first-order valence-electron chi connectivity index (χ1n) is 15.4. The lowest BCUT2D eigenvalue weighted by atomic mass is 9.97. The number of thiazole rings is 1. The fraction of sp³-hybridized carbons (Fsp3) is 0.361. The number of amides is 1. The highest BCUT2D eigenvalue weighted by atomic mass is 35.5. The number of benzene rings is 2. The van der Waals surface area contributed by atoms with Gasteiger partial charge in [0.25, 0.3) is 11.5 Å². The summed E-state index contributed by atoms with van der Waals surface area (Å²) in [4.78, 5) is 36.4. The van der Waals surface area contributed by atoms with Gasteiger partial charge in [0.1, 0.15) is 5.01 Å². The van der Waals surface area contributed by atoms with E-state index in [1.165, 1.54) is 11.3 Å². The fourth-order valence-corrected chi connectivity index (χ4v) is 6.94. The topological polar surface area (TPSA) is 67.2 Å². The molecule has 44 heavy (non-hydrogen) atoms. The highest BCUT2D eigenvalue weighted by molar-refractivity contribution is 7.13. The summed E-state index contributed by atoms with van der Waals surface area (Å²) in [5.41, 5.74) is 7.06. The maximum atomic E-state index is 14.8. The molecule has 1 fully saturated rings. The predicted molar refractivity (Wildman–Crippen MR) is 184 cm³/mol. The number of carbonyl (C=O) groups excluding carboxylic acids is 1. The second-order valence-electron chi connectivity index (χ2n) is 11.9. The van der Waals surface area contributed by atoms with E-state index in [1.807, 2.05) is 54.5 Å². The van der Waals surface area contributed by atoms with Gasteiger partial charge in [-0.3, -0.25) is 14.2 Å². The van der Waals surface area contributed by atoms with Gasteiger partial charge in [0.15, 0.2) is 0 Å². The summed E-state index contributed by atoms with van der Waals surface area (Å²) in [6.07, 6.45) is 3.49. The average Bonchev–Trinajstić information content (AvgIpc) is 3.51. The standard InChI is InChI=1S/C36H41ClN4O2S/c1-7-24-10-9-11-25(8-2)33(24)41-31(18-22(3)4)28(35(42)40-17-16-38-20-32(40)23(5)6)19-29(36(41)43)34-39-30(21-44-34)26-12-14-27(37)15-13-26/h9-15,18-19,21,23,32,38H,7-8,16-17,20H2,1-6H3. The van der Waals surface area contributed by atoms with Crippen LogP contribution < -0.4 is 10.9 Å². The molecule has 6 nitrogen and oxygen atoms in total. The van der Waals surface area contributed by atoms with E-state index in [2.05, 4.69) is 51.2 Å². The maximum Gasteiger partial charge on any atom is 0.265 e. The van der Waals surface area contributed by atoms with Crippen LogP contribution in [0.1, 0.15) is 68.7 Å². The van der Waals surface area contributed by atoms with Gasteiger partial charge in [0.2, 0.25) is 0 Å². The van der Waals surface area contributed by atoms with Gasteiger partial charge in [-0.1, -0.05) is 75.2 Å². The van der Waals surface area contributed by atoms with Crippen molar-refractivity contribution in [3.05, 3.63) is 97.2 Å². The second kappa shape index (κ2) is 13.6. The minimum atomic E-state index is -0.178. The molecule has 1 atom stereocenters. The largest absolute Gasteiger partial charge is 0.333 e. The summed E-state index contributed by atoms with van der Waals surface area (Å²) in [6, 6.07) is 15.6. The van der Waals surface area contributed by atoms with E-state index in [-0.39, 0.29) is 23.4 Å². The Bertz CT molecular complexity index is 1730. The van der Waals surface area contributed by atoms with Crippen LogP contribution in [-0.4, -0.2) is 46.0 Å². The summed E-state index contributed by atoms with van der Waals surface area (Å²) in [5, 5.41) is 6.65. The quantitative estimate of drug-likeness (QED) is 0.215. The van der Waals surface area contributed by atoms with E-state index < -0.39 is 0 Å². The van der Waals surface area contributed by atoms with Crippen LogP contribution in [0.25, 0.3) is 33.6 Å². The Morgan fingerprint density at radius 2 is 1.80 bits per heavy atom. The fourth-order valence-electron chi connectivity index (χ4n) is 5.97. The summed E-state index contributed by atoms with van der Waals surface area (Å²) < 4.78 is 1.79. The average molecular weight is 629 g/mol. The molecule has 5 rings (SSSR count). The SMILES string of the molecule is CCc1cccc(CC)c1-n1c(C=C(C)C)c(C(=O)N2CCNCC2C(C)C)cc(-c2nc(-c3ccc(Cl)cc3)cs2)c1=O. The monoisotopic (exact) mass is 628 g/mol. The molecule has 4 aromatic rings. The third-order valence-corrected chi connectivity index (χ3v) is 9.40. The molecule has 0 spiro atoms. The highest BCUT2D eigenvalue weighted by Crippen LogP contribution is 2.32. The van der Waals surface area contributed by atoms with Crippen molar-refractivity contribution in [2.75, 3.05) is 19.6 Å². The van der Waals surface area contributed by atoms with Crippen molar-refractivity contribution in [1.29, 1.82) is 0 Å². The van der Waals surface area contributed by atoms with Crippen LogP contribution in [0.15, 0.2) is 64.3 Å². The smallest absolute Gasteiger partial charge is 0.265 e. The Labute approximate surface area is 269 Å². The molecule has 8 heteroatoms. The van der Waals surface area contributed by atoms with Crippen molar-refractivity contribution in [2.45, 2.75) is 60.4 Å². The number of piperazine rings is 1. The molecule has 0 bridgehead atoms. The van der Waals surface area contributed by atoms with Crippen LogP contribution in [0.2, 0.25) is 5.02 Å². The molecular weight excluding hydrogens is 588 g/mol. The zero-order valence-corrected chi connectivity index (χ0v) is 28.0. The van der Waals surface area contributed by atoms with Crippen LogP contribution in [-0.2, 0) is 12.8 Å². The Kier molecular flexibility index (Phi) is 9.88. The van der Waals surface area contributed by atoms with Crippen molar-refractivity contribution in [3.8, 4) is 27.5 Å². The van der Waals surface area contributed by atoms with Gasteiger partial charge >= 0.3 is 0 Å². The molecule has 1 unspecified atom stereocenters. The number of rotatable bonds is 8. The van der Waals surface area contributed by atoms with Gasteiger partial charge in [-0.25, -0.2) is 4.98 Å². The van der Waals surface area contributed by atoms with E-state index in [0.29, 0.717) is 33.4 Å². The zero-order valence-electron chi connectivity index (χ0n) is 26.4. The third kappa shape index (κ3) is 6.32. The minimum absolute atomic E-state index is 0.0464. The van der Waals surface area contributed by atoms with Crippen LogP contribution >= 0.6 is 22.9 Å². The minimum Gasteiger partial charge on any atom is -0.333 e. The molecule has 0 radical (unpaired) electrons. The van der Waals surface area contributed by atoms with Gasteiger partial charge in [0.05, 0.1) is 28.2 Å². The first-order valence-corrected chi connectivity index (χ1v) is 16.7. The number of halogens is 1. The van der Waals surface area contributed by atoms with Crippen LogP contribution in [0.4, 0.5) is 0 Å². The summed E-state index contributed by atoms with van der Waals surface area (Å²) in [6.45, 7) is 14.6. The normalized spacial score (nSPS) is 15.1. The number of para-hydroxylation sites is 1. The van der Waals surface area contributed by atoms with E-state index in [0.717, 1.165) is 59.6 Å². The number of hydrogen-bond donors (Lipinski definition) is 1. The van der Waals surface area contributed by atoms with Crippen molar-refractivity contribution in [3.63, 3.8) is 0 Å². The maximum absolute atomic E-state index is 14.8. The van der Waals surface area contributed by atoms with E-state index in [9.17, 15) is 9.59 Å². The van der Waals surface area contributed by atoms with Gasteiger partial charge in [-0.2, -0.15) is 0 Å². The van der Waals surface area contributed by atoms with E-state index in [4.69, 9.17) is 16.6 Å². The Balaban J connectivity index is 1.83. The van der Waals surface area contributed by atoms with Crippen LogP contribution in [0.5, 0.6) is 0 Å². The number of hydrogen-bond acceptors (Lipinski definition) is 5. The van der Waals surface area contributed by atoms with Gasteiger partial charge in [0, 0.05) is 41.6 Å². The molecule has 230 valence electrons. The van der Waals surface area contributed by atoms with Gasteiger partial charge < -0.3 is 10.2 Å². The van der Waals surface area contributed by atoms with Gasteiger partial charge in [-0.15, -0.1) is 11.3 Å². The Morgan fingerprint density at radius 3 is 2.41 bits per heavy atom. The lowest BCUT2D eigenvalue weighted by Gasteiger charge is -2.39. The predicted octanol–water partition coefficient (Wildman–Crippen LogP) is 7.90. The molecule has 2 aromatic carbocycles. The van der Waals surface area contributed by atoms with Crippen LogP contribution in [0.3, 0.4) is 0 Å². The van der Waals surface area contributed by atoms with Crippen molar-refractivity contribution >= 4 is 34.9 Å². The molecule has 1 saturated heterocycles. The molecule has 1 aliphatic heterocycles. The lowest BCUT2D eigenvalue weighted by molar-refractivity contribution is 0.0572. The van der Waals surface area contributed by atoms with E-state index >= 15 is 0 Å². The van der Waals surface area contributed by atoms with Crippen LogP contribution in [0, 0.1) is 5.92 Å². The summed E-state index contributed by atoms with van der Waals surface area (Å²) in [7, 11) is 0. The number of aromatic nitrogens is 2. The highest BCUT2D eigenvalue weighted by Gasteiger charge is 2.33. The third-order valence-electron chi connectivity index (χ3n) is 8.27. The van der Waals surface area contributed by atoms with Gasteiger partial charge in [-0.05, 0) is 68.0 Å². The Morgan fingerprint density at radius 1 is 1.11 bits per heavy atom. The molecule has 3 heterocycles. The molecule has 2 aromatic heterocycles. The van der Waals surface area contributed by atoms with Crippen molar-refractivity contribution in [2.24, 2.45) is 5.92 Å². The molecule has 0 saturated carbocycles. The second-order valence-corrected chi connectivity index (χ2v) is 13.2. The first-order chi connectivity index (χ1) is 21.1. The number of nitrogens with zero attached hydrogens (tertiary/aromatic N) is 3. The van der Waals surface area contributed by atoms with Crippen molar-refractivity contribution < 1.29 is 4.79 Å². The molecule has 0 aliphatic carbocycles. The zero-order chi connectivity index (χ0) is 31.5. The summed E-state index contributed by atoms with van der Waals surface area (Å²) in [5.74, 6) is 0.214. The number of aryl methyl sites for hydroxylation is 2. The number of carbonyl (C=O) groups is 1. The Hall–Kier alpha value is -3.52. The number of allylic oxidation sites excluding steroid dienone is 1. The molecule has 1 aliphatic rings. The molecular formula is C36H41ClN4O2S. The molecule has 1 N–H and O–H groups in total. The van der Waals surface area contributed by atoms with Crippen molar-refractivity contribution in [1.82, 2.24) is 19.8 Å². The van der Waals surface area contributed by atoms with E-state index in [1.54, 1.807) is 10.6 Å². The number of pyridine rings is 1. The lowest BCUT2D eigenvalue weighted by Crippen LogP contribution is -2.56. The molecule has 1 amide bonds. The first kappa shape index (κ1) is 31.9. The number of nitrogens with one attached hydrogen (secondary N) is 1. The summed E-state index contributed by atoms with van der Waals surface area (Å²) >= 11 is 7.54.